The van der Waals surface area contributed by atoms with Gasteiger partial charge in [-0.3, -0.25) is 9.59 Å². The molecule has 0 N–H and O–H groups in total. The summed E-state index contributed by atoms with van der Waals surface area (Å²) in [4.78, 5) is 24.6. The van der Waals surface area contributed by atoms with Gasteiger partial charge in [0.2, 0.25) is 0 Å². The fraction of sp³-hybridized carbons (Fsp3) is 0.292. The van der Waals surface area contributed by atoms with Gasteiger partial charge in [0.25, 0.3) is 0 Å². The number of hydrogen-bond acceptors (Lipinski definition) is 3. The molecule has 0 spiro atoms. The van der Waals surface area contributed by atoms with E-state index in [0.29, 0.717) is 0 Å². The Bertz CT molecular complexity index is 923. The van der Waals surface area contributed by atoms with E-state index in [1.54, 1.807) is 0 Å². The van der Waals surface area contributed by atoms with Crippen molar-refractivity contribution in [2.75, 3.05) is 0 Å². The molecule has 0 saturated carbocycles. The molecule has 0 saturated heterocycles. The molecule has 0 amide bonds. The molecular weight excluding hydrogens is 526 g/mol. The second-order valence-corrected chi connectivity index (χ2v) is 7.70. The molecular formula is C24H26IrNO2-. The molecule has 149 valence electrons. The van der Waals surface area contributed by atoms with E-state index in [0.717, 1.165) is 11.3 Å². The summed E-state index contributed by atoms with van der Waals surface area (Å²) in [6.07, 6.45) is 1.95. The van der Waals surface area contributed by atoms with Crippen LogP contribution in [0.5, 0.6) is 0 Å². The predicted molar refractivity (Wildman–Crippen MR) is 111 cm³/mol. The van der Waals surface area contributed by atoms with Crippen molar-refractivity contribution in [2.24, 2.45) is 0 Å². The summed E-state index contributed by atoms with van der Waals surface area (Å²) in [5.41, 5.74) is 3.50. The number of pyridine rings is 1. The summed E-state index contributed by atoms with van der Waals surface area (Å²) in [6.45, 7) is 9.45. The Kier molecular flexibility index (Phi) is 8.87. The Labute approximate surface area is 180 Å². The number of fused-ring (bicyclic) bond motifs is 1. The number of hydrogen-bond donors (Lipinski definition) is 0. The van der Waals surface area contributed by atoms with Crippen LogP contribution in [-0.2, 0) is 35.1 Å². The average Bonchev–Trinajstić information content (AvgIpc) is 2.60. The molecule has 0 bridgehead atoms. The molecule has 28 heavy (non-hydrogen) atoms. The third-order valence-electron chi connectivity index (χ3n) is 4.11. The van der Waals surface area contributed by atoms with Gasteiger partial charge in [-0.25, -0.2) is 0 Å². The Balaban J connectivity index is 0.000000425. The maximum atomic E-state index is 10.0. The maximum absolute atomic E-state index is 10.0. The molecule has 1 heterocycles. The van der Waals surface area contributed by atoms with Crippen molar-refractivity contribution < 1.29 is 29.7 Å². The number of nitrogens with zero attached hydrogens (tertiary/aromatic N) is 1. The number of carbonyl (C=O) groups is 2. The molecule has 0 aliphatic heterocycles. The largest absolute Gasteiger partial charge is 0.304 e. The van der Waals surface area contributed by atoms with Gasteiger partial charge >= 0.3 is 0 Å². The zero-order valence-corrected chi connectivity index (χ0v) is 19.4. The first-order valence-corrected chi connectivity index (χ1v) is 9.03. The third kappa shape index (κ3) is 6.78. The Hall–Kier alpha value is -2.16. The van der Waals surface area contributed by atoms with Gasteiger partial charge in [0, 0.05) is 26.3 Å². The minimum absolute atomic E-state index is 0. The van der Waals surface area contributed by atoms with Crippen LogP contribution in [-0.4, -0.2) is 16.6 Å². The summed E-state index contributed by atoms with van der Waals surface area (Å²) >= 11 is 0. The van der Waals surface area contributed by atoms with E-state index < -0.39 is 0 Å². The summed E-state index contributed by atoms with van der Waals surface area (Å²) in [7, 11) is 0. The Morgan fingerprint density at radius 2 is 1.61 bits per heavy atom. The van der Waals surface area contributed by atoms with Gasteiger partial charge in [0.1, 0.15) is 11.6 Å². The van der Waals surface area contributed by atoms with E-state index in [2.05, 4.69) is 74.3 Å². The van der Waals surface area contributed by atoms with Gasteiger partial charge in [-0.2, -0.15) is 0 Å². The maximum Gasteiger partial charge on any atom is 0.137 e. The van der Waals surface area contributed by atoms with Crippen LogP contribution in [0.1, 0.15) is 46.6 Å². The van der Waals surface area contributed by atoms with Gasteiger partial charge in [0.15, 0.2) is 0 Å². The van der Waals surface area contributed by atoms with Crippen LogP contribution >= 0.6 is 0 Å². The van der Waals surface area contributed by atoms with Crippen molar-refractivity contribution in [3.63, 3.8) is 0 Å². The van der Waals surface area contributed by atoms with E-state index >= 15 is 0 Å². The molecule has 0 atom stereocenters. The molecule has 0 aliphatic carbocycles. The average molecular weight is 553 g/mol. The zero-order valence-electron chi connectivity index (χ0n) is 17.0. The van der Waals surface area contributed by atoms with Gasteiger partial charge < -0.3 is 4.98 Å². The van der Waals surface area contributed by atoms with Crippen LogP contribution in [0.15, 0.2) is 54.7 Å². The molecule has 0 aliphatic rings. The second-order valence-electron chi connectivity index (χ2n) is 7.70. The quantitative estimate of drug-likeness (QED) is 0.316. The first-order valence-electron chi connectivity index (χ1n) is 9.03. The molecule has 1 radical (unpaired) electrons. The Morgan fingerprint density at radius 3 is 2.11 bits per heavy atom. The first-order chi connectivity index (χ1) is 12.7. The predicted octanol–water partition coefficient (Wildman–Crippen LogP) is 5.55. The number of aromatic nitrogens is 1. The van der Waals surface area contributed by atoms with Crippen LogP contribution in [0.4, 0.5) is 0 Å². The summed E-state index contributed by atoms with van der Waals surface area (Å²) < 4.78 is 0. The summed E-state index contributed by atoms with van der Waals surface area (Å²) in [5, 5.41) is 2.39. The van der Waals surface area contributed by atoms with E-state index in [4.69, 9.17) is 0 Å². The van der Waals surface area contributed by atoms with Crippen molar-refractivity contribution in [1.82, 2.24) is 4.98 Å². The molecule has 3 aromatic rings. The van der Waals surface area contributed by atoms with E-state index in [-0.39, 0.29) is 43.5 Å². The number of carbonyl (C=O) groups excluding carboxylic acids is 2. The second kappa shape index (κ2) is 10.4. The molecule has 3 nitrogen and oxygen atoms in total. The van der Waals surface area contributed by atoms with E-state index in [1.165, 1.54) is 30.2 Å². The molecule has 0 fully saturated rings. The summed E-state index contributed by atoms with van der Waals surface area (Å²) in [5.74, 6) is -0.125. The summed E-state index contributed by atoms with van der Waals surface area (Å²) in [6, 6.07) is 20.1. The van der Waals surface area contributed by atoms with Crippen molar-refractivity contribution in [3.05, 3.63) is 66.4 Å². The van der Waals surface area contributed by atoms with Gasteiger partial charge in [-0.05, 0) is 41.8 Å². The van der Waals surface area contributed by atoms with Crippen LogP contribution in [0.2, 0.25) is 0 Å². The van der Waals surface area contributed by atoms with Crippen molar-refractivity contribution >= 4 is 22.3 Å². The fourth-order valence-electron chi connectivity index (χ4n) is 2.72. The number of rotatable bonds is 3. The number of benzene rings is 2. The first kappa shape index (κ1) is 23.9. The normalized spacial score (nSPS) is 10.5. The molecule has 3 rings (SSSR count). The number of ketones is 2. The van der Waals surface area contributed by atoms with Crippen LogP contribution < -0.4 is 0 Å². The molecule has 4 heteroatoms. The van der Waals surface area contributed by atoms with Crippen LogP contribution in [0.25, 0.3) is 22.0 Å². The molecule has 0 unspecified atom stereocenters. The van der Waals surface area contributed by atoms with Gasteiger partial charge in [0.05, 0.1) is 6.42 Å². The smallest absolute Gasteiger partial charge is 0.137 e. The standard InChI is InChI=1S/C19H18N.C5H8O2.Ir/c1-19(2,3)16-10-8-15(9-11-16)18-17-7-5-4-6-14(17)12-13-20-18;1-4(6)3-5(2)7;/h4-8,10-13H,1-3H3;3H2,1-2H3;/q-1;;. The third-order valence-corrected chi connectivity index (χ3v) is 4.11. The van der Waals surface area contributed by atoms with E-state index in [9.17, 15) is 9.59 Å². The topological polar surface area (TPSA) is 47.0 Å². The molecule has 2 aromatic carbocycles. The minimum atomic E-state index is -0.0625. The van der Waals surface area contributed by atoms with Crippen molar-refractivity contribution in [2.45, 2.75) is 46.5 Å². The SMILES string of the molecule is CC(=O)CC(C)=O.CC(C)(C)c1c[c-]c(-c2nccc3ccccc23)cc1.[Ir]. The van der Waals surface area contributed by atoms with Gasteiger partial charge in [-0.1, -0.05) is 45.0 Å². The number of Topliss-reactive ketones (excluding diaryl/α,β-unsaturated/α-hetero) is 2. The fourth-order valence-corrected chi connectivity index (χ4v) is 2.72. The molecule has 1 aromatic heterocycles. The van der Waals surface area contributed by atoms with Crippen LogP contribution in [0, 0.1) is 6.07 Å². The Morgan fingerprint density at radius 1 is 0.964 bits per heavy atom. The monoisotopic (exact) mass is 553 g/mol. The minimum Gasteiger partial charge on any atom is -0.304 e. The van der Waals surface area contributed by atoms with Crippen molar-refractivity contribution in [3.8, 4) is 11.3 Å². The van der Waals surface area contributed by atoms with Crippen LogP contribution in [0.3, 0.4) is 0 Å². The van der Waals surface area contributed by atoms with Gasteiger partial charge in [-0.15, -0.1) is 35.4 Å². The van der Waals surface area contributed by atoms with E-state index in [1.807, 2.05) is 12.3 Å². The van der Waals surface area contributed by atoms with Crippen molar-refractivity contribution in [1.29, 1.82) is 0 Å². The zero-order chi connectivity index (χ0) is 20.0.